The number of nitrogen functional groups attached to an aromatic ring is 1. The Morgan fingerprint density at radius 2 is 1.20 bits per heavy atom. The lowest BCUT2D eigenvalue weighted by Crippen LogP contribution is -2.21. The summed E-state index contributed by atoms with van der Waals surface area (Å²) in [6.45, 7) is 0. The van der Waals surface area contributed by atoms with Crippen LogP contribution < -0.4 is 37.6 Å². The minimum absolute atomic E-state index is 0.0469. The second-order valence-electron chi connectivity index (χ2n) is 13.7. The van der Waals surface area contributed by atoms with Crippen molar-refractivity contribution in [1.29, 1.82) is 0 Å². The van der Waals surface area contributed by atoms with Crippen molar-refractivity contribution in [2.24, 2.45) is 0 Å². The maximum absolute atomic E-state index is 13.6. The SMILES string of the molecule is CNC(=O)c1nccnc1Nc1cc(Cl)ncc1C(F)(F)F.CNC(=O)c1nccnc1Nc1cc(Nc2ccc3c(c2)CC(=O)C3)ncc1C(F)(F)F.Nc1ccc2c(c1)CC(=O)N2. The Bertz CT molecular complexity index is 2790. The third-order valence-electron chi connectivity index (χ3n) is 9.18. The van der Waals surface area contributed by atoms with Crippen LogP contribution in [0.2, 0.25) is 5.15 Å². The average Bonchev–Trinajstić information content (AvgIpc) is 3.82. The number of rotatable bonds is 8. The van der Waals surface area contributed by atoms with Gasteiger partial charge in [-0.3, -0.25) is 19.2 Å². The van der Waals surface area contributed by atoms with E-state index in [9.17, 15) is 45.5 Å². The molecular weight excluding hydrogens is 888 g/mol. The van der Waals surface area contributed by atoms with Crippen LogP contribution in [-0.2, 0) is 41.2 Å². The highest BCUT2D eigenvalue weighted by molar-refractivity contribution is 6.29. The first-order valence-corrected chi connectivity index (χ1v) is 19.2. The molecule has 0 spiro atoms. The van der Waals surface area contributed by atoms with Gasteiger partial charge in [-0.2, -0.15) is 26.3 Å². The van der Waals surface area contributed by atoms with E-state index in [1.165, 1.54) is 44.9 Å². The Morgan fingerprint density at radius 1 is 0.646 bits per heavy atom. The second-order valence-corrected chi connectivity index (χ2v) is 14.1. The number of Topliss-reactive ketones (excluding diaryl/α,β-unsaturated/α-hetero) is 1. The molecule has 8 N–H and O–H groups in total. The van der Waals surface area contributed by atoms with Gasteiger partial charge in [-0.25, -0.2) is 29.9 Å². The average molecular weight is 922 g/mol. The van der Waals surface area contributed by atoms with Crippen molar-refractivity contribution in [2.45, 2.75) is 31.6 Å². The number of carbonyl (C=O) groups excluding carboxylic acids is 4. The van der Waals surface area contributed by atoms with E-state index < -0.39 is 35.3 Å². The van der Waals surface area contributed by atoms with Crippen LogP contribution in [0.4, 0.5) is 72.2 Å². The molecule has 6 aromatic rings. The highest BCUT2D eigenvalue weighted by Gasteiger charge is 2.36. The van der Waals surface area contributed by atoms with Gasteiger partial charge in [0.25, 0.3) is 11.8 Å². The van der Waals surface area contributed by atoms with E-state index in [0.29, 0.717) is 43.0 Å². The van der Waals surface area contributed by atoms with E-state index >= 15 is 0 Å². The van der Waals surface area contributed by atoms with Crippen LogP contribution >= 0.6 is 11.6 Å². The molecule has 336 valence electrons. The second kappa shape index (κ2) is 19.6. The van der Waals surface area contributed by atoms with Crippen molar-refractivity contribution >= 4 is 81.0 Å². The van der Waals surface area contributed by atoms with Gasteiger partial charge < -0.3 is 37.6 Å². The van der Waals surface area contributed by atoms with Gasteiger partial charge in [-0.15, -0.1) is 0 Å². The van der Waals surface area contributed by atoms with Crippen molar-refractivity contribution in [3.63, 3.8) is 0 Å². The molecule has 1 aliphatic heterocycles. The van der Waals surface area contributed by atoms with Crippen molar-refractivity contribution in [3.8, 4) is 0 Å². The monoisotopic (exact) mass is 921 g/mol. The van der Waals surface area contributed by atoms with Crippen molar-refractivity contribution in [1.82, 2.24) is 40.5 Å². The summed E-state index contributed by atoms with van der Waals surface area (Å²) in [5.74, 6) is -1.16. The van der Waals surface area contributed by atoms with Gasteiger partial charge in [-0.05, 0) is 53.1 Å². The number of aromatic nitrogens is 6. The van der Waals surface area contributed by atoms with Crippen molar-refractivity contribution in [2.75, 3.05) is 41.1 Å². The first kappa shape index (κ1) is 46.6. The molecule has 65 heavy (non-hydrogen) atoms. The fraction of sp³-hybridized carbons (Fsp3) is 0.171. The zero-order valence-electron chi connectivity index (χ0n) is 33.7. The Morgan fingerprint density at radius 3 is 1.78 bits per heavy atom. The number of nitrogens with zero attached hydrogens (tertiary/aromatic N) is 6. The van der Waals surface area contributed by atoms with Gasteiger partial charge in [0.05, 0.1) is 28.9 Å². The van der Waals surface area contributed by atoms with E-state index in [2.05, 4.69) is 61.8 Å². The van der Waals surface area contributed by atoms with Crippen LogP contribution in [0.1, 0.15) is 48.8 Å². The topological polar surface area (TPSA) is 244 Å². The van der Waals surface area contributed by atoms with Crippen LogP contribution in [-0.4, -0.2) is 67.5 Å². The Labute approximate surface area is 369 Å². The smallest absolute Gasteiger partial charge is 0.399 e. The summed E-state index contributed by atoms with van der Waals surface area (Å²) in [4.78, 5) is 68.9. The molecule has 0 atom stereocenters. The number of ketones is 1. The number of benzene rings is 2. The zero-order chi connectivity index (χ0) is 47.1. The fourth-order valence-electron chi connectivity index (χ4n) is 6.22. The molecule has 24 heteroatoms. The fourth-order valence-corrected chi connectivity index (χ4v) is 6.38. The van der Waals surface area contributed by atoms with Crippen LogP contribution in [0, 0.1) is 0 Å². The van der Waals surface area contributed by atoms with Crippen LogP contribution in [0.5, 0.6) is 0 Å². The van der Waals surface area contributed by atoms with E-state index in [0.717, 1.165) is 28.4 Å². The van der Waals surface area contributed by atoms with Gasteiger partial charge in [0, 0.05) is 87.2 Å². The van der Waals surface area contributed by atoms with Gasteiger partial charge >= 0.3 is 12.4 Å². The predicted molar refractivity (Wildman–Crippen MR) is 226 cm³/mol. The van der Waals surface area contributed by atoms with E-state index in [-0.39, 0.29) is 57.1 Å². The molecule has 8 rings (SSSR count). The molecule has 1 aliphatic carbocycles. The normalized spacial score (nSPS) is 12.6. The Kier molecular flexibility index (Phi) is 14.0. The number of halogens is 7. The van der Waals surface area contributed by atoms with Crippen molar-refractivity contribution in [3.05, 3.63) is 130 Å². The third-order valence-corrected chi connectivity index (χ3v) is 9.39. The maximum Gasteiger partial charge on any atom is 0.419 e. The number of hydrogen-bond acceptors (Lipinski definition) is 14. The standard InChI is InChI=1S/C21H17F3N6O2.C12H9ClF3N5O.C8H8N2O/c1-25-20(32)18-19(27-5-4-26-18)30-16-9-17(28-10-15(16)21(22,23)24)29-13-3-2-11-7-14(31)8-12(11)6-13;1-17-11(22)9-10(19-3-2-18-9)21-7-4-8(13)20-5-6(7)12(14,15)16;9-6-1-2-7-5(3-6)4-8(11)10-7/h2-6,9-10H,7-8H2,1H3,(H,25,32)(H2,27,28,29,30);2-5H,1H3,(H,17,22)(H,19,20,21);1-3H,4,9H2,(H,10,11). The molecule has 0 bridgehead atoms. The van der Waals surface area contributed by atoms with Gasteiger partial charge in [0.2, 0.25) is 5.91 Å². The van der Waals surface area contributed by atoms with Crippen LogP contribution in [0.3, 0.4) is 0 Å². The maximum atomic E-state index is 13.6. The molecule has 0 radical (unpaired) electrons. The first-order chi connectivity index (χ1) is 30.8. The summed E-state index contributed by atoms with van der Waals surface area (Å²) < 4.78 is 79.6. The third kappa shape index (κ3) is 11.7. The highest BCUT2D eigenvalue weighted by atomic mass is 35.5. The summed E-state index contributed by atoms with van der Waals surface area (Å²) in [7, 11) is 2.74. The first-order valence-electron chi connectivity index (χ1n) is 18.8. The molecule has 17 nitrogen and oxygen atoms in total. The summed E-state index contributed by atoms with van der Waals surface area (Å²) in [5.41, 5.74) is 7.44. The molecule has 2 aromatic carbocycles. The lowest BCUT2D eigenvalue weighted by Gasteiger charge is -2.16. The number of carbonyl (C=O) groups is 4. The summed E-state index contributed by atoms with van der Waals surface area (Å²) in [6.07, 6.45) is -1.87. The molecule has 0 saturated carbocycles. The summed E-state index contributed by atoms with van der Waals surface area (Å²) >= 11 is 5.63. The number of nitrogens with one attached hydrogen (secondary N) is 6. The molecular formula is C41H34ClF6N13O4. The van der Waals surface area contributed by atoms with E-state index in [1.54, 1.807) is 24.3 Å². The molecule has 0 saturated heterocycles. The highest BCUT2D eigenvalue weighted by Crippen LogP contribution is 2.38. The number of pyridine rings is 2. The number of hydrogen-bond donors (Lipinski definition) is 7. The molecule has 3 amide bonds. The minimum Gasteiger partial charge on any atom is -0.399 e. The molecule has 4 aromatic heterocycles. The largest absolute Gasteiger partial charge is 0.419 e. The molecule has 0 unspecified atom stereocenters. The van der Waals surface area contributed by atoms with Gasteiger partial charge in [0.1, 0.15) is 16.8 Å². The van der Waals surface area contributed by atoms with Crippen LogP contribution in [0.15, 0.2) is 85.7 Å². The van der Waals surface area contributed by atoms with Crippen molar-refractivity contribution < 1.29 is 45.5 Å². The minimum atomic E-state index is -4.70. The Hall–Kier alpha value is -7.95. The molecule has 2 aliphatic rings. The van der Waals surface area contributed by atoms with Gasteiger partial charge in [0.15, 0.2) is 23.0 Å². The summed E-state index contributed by atoms with van der Waals surface area (Å²) in [6, 6.07) is 12.9. The Balaban J connectivity index is 0.000000182. The number of amides is 3. The predicted octanol–water partition coefficient (Wildman–Crippen LogP) is 6.82. The van der Waals surface area contributed by atoms with Crippen LogP contribution in [0.25, 0.3) is 0 Å². The van der Waals surface area contributed by atoms with E-state index in [4.69, 9.17) is 17.3 Å². The molecule has 0 fully saturated rings. The molecule has 5 heterocycles. The van der Waals surface area contributed by atoms with Gasteiger partial charge in [-0.1, -0.05) is 17.7 Å². The summed E-state index contributed by atoms with van der Waals surface area (Å²) in [5, 5.41) is 15.2. The number of nitrogens with two attached hydrogens (primary N) is 1. The quantitative estimate of drug-likeness (QED) is 0.0471. The lowest BCUT2D eigenvalue weighted by molar-refractivity contribution is -0.138. The van der Waals surface area contributed by atoms with E-state index in [1.807, 2.05) is 12.1 Å². The number of alkyl halides is 6. The number of fused-ring (bicyclic) bond motifs is 2. The lowest BCUT2D eigenvalue weighted by atomic mass is 10.1. The number of anilines is 8. The zero-order valence-corrected chi connectivity index (χ0v) is 34.5.